The van der Waals surface area contributed by atoms with Crippen molar-refractivity contribution >= 4 is 50.0 Å². The van der Waals surface area contributed by atoms with Gasteiger partial charge in [-0.25, -0.2) is 0 Å². The summed E-state index contributed by atoms with van der Waals surface area (Å²) in [6, 6.07) is 4.32. The fraction of sp³-hybridized carbons (Fsp3) is 0.111. The summed E-state index contributed by atoms with van der Waals surface area (Å²) in [5.74, 6) is -0.380. The van der Waals surface area contributed by atoms with Gasteiger partial charge in [0.2, 0.25) is 0 Å². The number of alkyl halides is 1. The molecule has 0 bridgehead atoms. The molecule has 7 heteroatoms. The van der Waals surface area contributed by atoms with Gasteiger partial charge in [-0.05, 0) is 28.7 Å². The minimum Gasteiger partial charge on any atom is -0.293 e. The quantitative estimate of drug-likeness (QED) is 0.259. The van der Waals surface area contributed by atoms with E-state index in [1.54, 1.807) is 0 Å². The third kappa shape index (κ3) is 2.56. The fourth-order valence-electron chi connectivity index (χ4n) is 1.09. The normalized spacial score (nSPS) is 9.56. The van der Waals surface area contributed by atoms with Crippen LogP contribution in [0.3, 0.4) is 0 Å². The predicted molar refractivity (Wildman–Crippen MR) is 68.7 cm³/mol. The highest BCUT2D eigenvalue weighted by molar-refractivity contribution is 14.1. The van der Waals surface area contributed by atoms with Crippen LogP contribution in [0.5, 0.6) is 0 Å². The van der Waals surface area contributed by atoms with E-state index in [9.17, 15) is 14.9 Å². The number of nitriles is 1. The van der Waals surface area contributed by atoms with E-state index in [1.807, 2.05) is 28.7 Å². The summed E-state index contributed by atoms with van der Waals surface area (Å²) in [5.41, 5.74) is -0.120. The molecule has 0 aliphatic heterocycles. The molecule has 0 N–H and O–H groups in total. The summed E-state index contributed by atoms with van der Waals surface area (Å²) in [6.07, 6.45) is 0. The molecule has 0 heterocycles. The monoisotopic (exact) mass is 394 g/mol. The molecule has 0 unspecified atom stereocenters. The van der Waals surface area contributed by atoms with Crippen LogP contribution in [0.2, 0.25) is 0 Å². The summed E-state index contributed by atoms with van der Waals surface area (Å²) in [4.78, 5) is 21.5. The number of Topliss-reactive ketones (excluding diaryl/α,β-unsaturated/α-hetero) is 1. The lowest BCUT2D eigenvalue weighted by Gasteiger charge is -2.02. The number of halogens is 2. The Balaban J connectivity index is 3.49. The molecule has 0 amide bonds. The minimum absolute atomic E-state index is 0.00974. The fourth-order valence-corrected chi connectivity index (χ4v) is 1.98. The van der Waals surface area contributed by atoms with Crippen LogP contribution in [0.15, 0.2) is 12.1 Å². The molecule has 16 heavy (non-hydrogen) atoms. The van der Waals surface area contributed by atoms with Crippen LogP contribution in [-0.4, -0.2) is 16.0 Å². The molecule has 0 saturated carbocycles. The first-order valence-electron chi connectivity index (χ1n) is 3.98. The Labute approximate surface area is 113 Å². The zero-order chi connectivity index (χ0) is 12.3. The number of nitro benzene ring substituents is 1. The van der Waals surface area contributed by atoms with Gasteiger partial charge in [-0.2, -0.15) is 5.26 Å². The van der Waals surface area contributed by atoms with Crippen LogP contribution < -0.4 is 0 Å². The number of nitrogens with zero attached hydrogens (tertiary/aromatic N) is 2. The summed E-state index contributed by atoms with van der Waals surface area (Å²) in [5, 5.41) is 19.5. The second-order valence-electron chi connectivity index (χ2n) is 2.77. The van der Waals surface area contributed by atoms with E-state index in [0.717, 1.165) is 6.07 Å². The number of carbonyl (C=O) groups is 1. The van der Waals surface area contributed by atoms with Gasteiger partial charge in [-0.3, -0.25) is 14.9 Å². The Morgan fingerprint density at radius 2 is 2.25 bits per heavy atom. The van der Waals surface area contributed by atoms with E-state index >= 15 is 0 Å². The van der Waals surface area contributed by atoms with Gasteiger partial charge in [0, 0.05) is 9.64 Å². The van der Waals surface area contributed by atoms with Crippen LogP contribution in [0.4, 0.5) is 5.69 Å². The molecule has 0 saturated heterocycles. The number of nitro groups is 1. The van der Waals surface area contributed by atoms with Gasteiger partial charge in [0.1, 0.15) is 6.07 Å². The van der Waals surface area contributed by atoms with Crippen LogP contribution >= 0.6 is 38.5 Å². The Morgan fingerprint density at radius 3 is 2.69 bits per heavy atom. The standard InChI is InChI=1S/C9H4BrIN2O3/c10-3-9(14)6-2-7(11)5(4-12)1-8(6)13(15)16/h1-2H,3H2. The highest BCUT2D eigenvalue weighted by atomic mass is 127. The zero-order valence-electron chi connectivity index (χ0n) is 7.74. The number of rotatable bonds is 3. The largest absolute Gasteiger partial charge is 0.293 e. The molecule has 0 aliphatic carbocycles. The lowest BCUT2D eigenvalue weighted by atomic mass is 10.1. The molecule has 5 nitrogen and oxygen atoms in total. The van der Waals surface area contributed by atoms with Crippen LogP contribution in [0.25, 0.3) is 0 Å². The first-order valence-corrected chi connectivity index (χ1v) is 6.18. The summed E-state index contributed by atoms with van der Waals surface area (Å²) in [6.45, 7) is 0. The first-order chi connectivity index (χ1) is 7.51. The van der Waals surface area contributed by atoms with Crippen molar-refractivity contribution < 1.29 is 9.72 Å². The molecule has 0 atom stereocenters. The van der Waals surface area contributed by atoms with Crippen molar-refractivity contribution in [2.24, 2.45) is 0 Å². The first kappa shape index (κ1) is 13.1. The van der Waals surface area contributed by atoms with Gasteiger partial charge in [-0.15, -0.1) is 0 Å². The highest BCUT2D eigenvalue weighted by Crippen LogP contribution is 2.25. The maximum atomic E-state index is 11.5. The lowest BCUT2D eigenvalue weighted by Crippen LogP contribution is -2.06. The summed E-state index contributed by atoms with van der Waals surface area (Å²) in [7, 11) is 0. The van der Waals surface area contributed by atoms with Crippen molar-refractivity contribution in [1.82, 2.24) is 0 Å². The lowest BCUT2D eigenvalue weighted by molar-refractivity contribution is -0.385. The molecular formula is C9H4BrIN2O3. The molecular weight excluding hydrogens is 391 g/mol. The minimum atomic E-state index is -0.660. The molecule has 0 aliphatic rings. The summed E-state index contributed by atoms with van der Waals surface area (Å²) >= 11 is 4.82. The van der Waals surface area contributed by atoms with E-state index in [0.29, 0.717) is 3.57 Å². The molecule has 0 spiro atoms. The molecule has 0 radical (unpaired) electrons. The number of benzene rings is 1. The Morgan fingerprint density at radius 1 is 1.62 bits per heavy atom. The maximum absolute atomic E-state index is 11.5. The number of hydrogen-bond donors (Lipinski definition) is 0. The van der Waals surface area contributed by atoms with Crippen molar-refractivity contribution in [3.63, 3.8) is 0 Å². The van der Waals surface area contributed by atoms with E-state index < -0.39 is 4.92 Å². The number of carbonyl (C=O) groups excluding carboxylic acids is 1. The van der Waals surface area contributed by atoms with Gasteiger partial charge in [0.15, 0.2) is 5.78 Å². The Kier molecular flexibility index (Phi) is 4.37. The van der Waals surface area contributed by atoms with E-state index in [2.05, 4.69) is 15.9 Å². The SMILES string of the molecule is N#Cc1cc([N+](=O)[O-])c(C(=O)CBr)cc1I. The van der Waals surface area contributed by atoms with Crippen molar-refractivity contribution in [3.8, 4) is 6.07 Å². The van der Waals surface area contributed by atoms with E-state index in [4.69, 9.17) is 5.26 Å². The molecule has 0 aromatic heterocycles. The van der Waals surface area contributed by atoms with Gasteiger partial charge in [0.05, 0.1) is 21.4 Å². The molecule has 0 fully saturated rings. The predicted octanol–water partition coefficient (Wildman–Crippen LogP) is 2.65. The third-order valence-electron chi connectivity index (χ3n) is 1.82. The molecule has 1 aromatic rings. The second kappa shape index (κ2) is 5.36. The van der Waals surface area contributed by atoms with Crippen LogP contribution in [0, 0.1) is 25.0 Å². The highest BCUT2D eigenvalue weighted by Gasteiger charge is 2.21. The van der Waals surface area contributed by atoms with Crippen molar-refractivity contribution in [2.45, 2.75) is 0 Å². The second-order valence-corrected chi connectivity index (χ2v) is 4.50. The smallest absolute Gasteiger partial charge is 0.281 e. The Hall–Kier alpha value is -1.01. The molecule has 1 aromatic carbocycles. The van der Waals surface area contributed by atoms with Gasteiger partial charge in [0.25, 0.3) is 5.69 Å². The number of ketones is 1. The third-order valence-corrected chi connectivity index (χ3v) is 3.23. The topological polar surface area (TPSA) is 84.0 Å². The van der Waals surface area contributed by atoms with Crippen molar-refractivity contribution in [1.29, 1.82) is 5.26 Å². The van der Waals surface area contributed by atoms with Gasteiger partial charge >= 0.3 is 0 Å². The maximum Gasteiger partial charge on any atom is 0.281 e. The van der Waals surface area contributed by atoms with Crippen molar-refractivity contribution in [2.75, 3.05) is 5.33 Å². The van der Waals surface area contributed by atoms with Crippen molar-refractivity contribution in [3.05, 3.63) is 36.9 Å². The summed E-state index contributed by atoms with van der Waals surface area (Å²) < 4.78 is 0.523. The number of hydrogen-bond acceptors (Lipinski definition) is 4. The van der Waals surface area contributed by atoms with E-state index in [1.165, 1.54) is 6.07 Å². The molecule has 82 valence electrons. The Bertz CT molecular complexity index is 510. The molecule has 1 rings (SSSR count). The van der Waals surface area contributed by atoms with E-state index in [-0.39, 0.29) is 27.9 Å². The van der Waals surface area contributed by atoms with Gasteiger partial charge in [-0.1, -0.05) is 15.9 Å². The zero-order valence-corrected chi connectivity index (χ0v) is 11.5. The average molecular weight is 395 g/mol. The van der Waals surface area contributed by atoms with Crippen LogP contribution in [0.1, 0.15) is 15.9 Å². The van der Waals surface area contributed by atoms with Gasteiger partial charge < -0.3 is 0 Å². The average Bonchev–Trinajstić information content (AvgIpc) is 2.27. The van der Waals surface area contributed by atoms with Crippen LogP contribution in [-0.2, 0) is 0 Å².